The average molecular weight is 403 g/mol. The predicted molar refractivity (Wildman–Crippen MR) is 106 cm³/mol. The van der Waals surface area contributed by atoms with Crippen LogP contribution in [0, 0.1) is 0 Å². The van der Waals surface area contributed by atoms with Gasteiger partial charge in [-0.1, -0.05) is 48.3 Å². The molecule has 27 heavy (non-hydrogen) atoms. The Morgan fingerprint density at radius 3 is 2.44 bits per heavy atom. The fraction of sp³-hybridized carbons (Fsp3) is 0.353. The van der Waals surface area contributed by atoms with Crippen molar-refractivity contribution in [1.82, 2.24) is 29.7 Å². The van der Waals surface area contributed by atoms with E-state index in [-0.39, 0.29) is 11.9 Å². The zero-order valence-corrected chi connectivity index (χ0v) is 16.1. The van der Waals surface area contributed by atoms with Crippen molar-refractivity contribution in [3.8, 4) is 11.4 Å². The first-order chi connectivity index (χ1) is 13.1. The molecule has 2 heterocycles. The minimum absolute atomic E-state index is 0.118. The molecule has 2 aromatic heterocycles. The fourth-order valence-electron chi connectivity index (χ4n) is 3.34. The van der Waals surface area contributed by atoms with Gasteiger partial charge in [-0.3, -0.25) is 4.57 Å². The molecule has 0 atom stereocenters. The Bertz CT molecular complexity index is 934. The van der Waals surface area contributed by atoms with Gasteiger partial charge in [-0.25, -0.2) is 0 Å². The zero-order chi connectivity index (χ0) is 18.8. The monoisotopic (exact) mass is 402 g/mol. The highest BCUT2D eigenvalue weighted by molar-refractivity contribution is 7.98. The Morgan fingerprint density at radius 1 is 1.04 bits per heavy atom. The molecule has 3 aromatic rings. The summed E-state index contributed by atoms with van der Waals surface area (Å²) in [5.74, 6) is 2.03. The van der Waals surface area contributed by atoms with Crippen LogP contribution in [0.3, 0.4) is 0 Å². The van der Waals surface area contributed by atoms with Gasteiger partial charge in [0.2, 0.25) is 11.9 Å². The van der Waals surface area contributed by atoms with Crippen LogP contribution in [-0.2, 0) is 5.75 Å². The van der Waals surface area contributed by atoms with Gasteiger partial charge in [0.05, 0.1) is 10.8 Å². The smallest absolute Gasteiger partial charge is 0.225 e. The van der Waals surface area contributed by atoms with Gasteiger partial charge in [-0.15, -0.1) is 10.2 Å². The minimum atomic E-state index is 0.118. The second-order valence-electron chi connectivity index (χ2n) is 6.35. The first-order valence-corrected chi connectivity index (χ1v) is 10.1. The maximum Gasteiger partial charge on any atom is 0.225 e. The lowest BCUT2D eigenvalue weighted by Crippen LogP contribution is -2.09. The molecule has 140 valence electrons. The summed E-state index contributed by atoms with van der Waals surface area (Å²) in [5.41, 5.74) is 12.2. The Labute approximate surface area is 165 Å². The number of benzene rings is 1. The third-order valence-electron chi connectivity index (χ3n) is 4.52. The summed E-state index contributed by atoms with van der Waals surface area (Å²) in [5, 5.41) is 10.3. The second-order valence-corrected chi connectivity index (χ2v) is 7.70. The fourth-order valence-corrected chi connectivity index (χ4v) is 4.42. The molecule has 10 heteroatoms. The van der Waals surface area contributed by atoms with Crippen LogP contribution in [0.15, 0.2) is 29.4 Å². The van der Waals surface area contributed by atoms with E-state index in [0.29, 0.717) is 22.6 Å². The highest BCUT2D eigenvalue weighted by Gasteiger charge is 2.26. The van der Waals surface area contributed by atoms with E-state index in [1.54, 1.807) is 0 Å². The molecule has 1 aromatic carbocycles. The van der Waals surface area contributed by atoms with Crippen molar-refractivity contribution in [2.45, 2.75) is 42.6 Å². The molecule has 1 aliphatic carbocycles. The molecule has 4 N–H and O–H groups in total. The van der Waals surface area contributed by atoms with Gasteiger partial charge in [0.1, 0.15) is 5.82 Å². The number of hydrogen-bond acceptors (Lipinski definition) is 8. The third kappa shape index (κ3) is 3.84. The summed E-state index contributed by atoms with van der Waals surface area (Å²) in [6.07, 6.45) is 4.62. The summed E-state index contributed by atoms with van der Waals surface area (Å²) in [4.78, 5) is 12.1. The van der Waals surface area contributed by atoms with E-state index in [0.717, 1.165) is 29.4 Å². The van der Waals surface area contributed by atoms with E-state index in [9.17, 15) is 0 Å². The van der Waals surface area contributed by atoms with Gasteiger partial charge >= 0.3 is 0 Å². The van der Waals surface area contributed by atoms with E-state index in [4.69, 9.17) is 23.1 Å². The number of nitrogens with zero attached hydrogens (tertiary/aromatic N) is 6. The van der Waals surface area contributed by atoms with Crippen molar-refractivity contribution in [3.05, 3.63) is 35.1 Å². The van der Waals surface area contributed by atoms with Gasteiger partial charge < -0.3 is 11.5 Å². The lowest BCUT2D eigenvalue weighted by molar-refractivity contribution is 0.485. The van der Waals surface area contributed by atoms with Crippen LogP contribution in [0.5, 0.6) is 0 Å². The number of aromatic nitrogens is 6. The van der Waals surface area contributed by atoms with E-state index < -0.39 is 0 Å². The topological polar surface area (TPSA) is 121 Å². The lowest BCUT2D eigenvalue weighted by Gasteiger charge is -2.17. The molecule has 0 saturated heterocycles. The standard InChI is InChI=1S/C17H19ClN8S/c18-12-8-4-3-7-11(12)14-24-25-17(26(14)10-5-1-2-6-10)27-9-13-21-15(19)23-16(20)22-13/h3-4,7-8,10H,1-2,5-6,9H2,(H4,19,20,21,22,23). The van der Waals surface area contributed by atoms with Crippen LogP contribution in [0.25, 0.3) is 11.4 Å². The van der Waals surface area contributed by atoms with E-state index in [2.05, 4.69) is 29.7 Å². The zero-order valence-electron chi connectivity index (χ0n) is 14.5. The lowest BCUT2D eigenvalue weighted by atomic mass is 10.2. The molecule has 8 nitrogen and oxygen atoms in total. The molecule has 0 unspecified atom stereocenters. The SMILES string of the molecule is Nc1nc(N)nc(CSc2nnc(-c3ccccc3Cl)n2C2CCCC2)n1. The first-order valence-electron chi connectivity index (χ1n) is 8.70. The molecule has 0 radical (unpaired) electrons. The third-order valence-corrected chi connectivity index (χ3v) is 5.78. The number of nitrogens with two attached hydrogens (primary N) is 2. The van der Waals surface area contributed by atoms with Crippen molar-refractivity contribution < 1.29 is 0 Å². The van der Waals surface area contributed by atoms with Crippen LogP contribution in [0.2, 0.25) is 5.02 Å². The van der Waals surface area contributed by atoms with Crippen LogP contribution < -0.4 is 11.5 Å². The van der Waals surface area contributed by atoms with Crippen LogP contribution in [-0.4, -0.2) is 29.7 Å². The van der Waals surface area contributed by atoms with Crippen LogP contribution >= 0.6 is 23.4 Å². The highest BCUT2D eigenvalue weighted by Crippen LogP contribution is 2.38. The molecule has 0 amide bonds. The minimum Gasteiger partial charge on any atom is -0.368 e. The normalized spacial score (nSPS) is 14.7. The maximum atomic E-state index is 6.41. The van der Waals surface area contributed by atoms with Gasteiger partial charge in [-0.05, 0) is 25.0 Å². The van der Waals surface area contributed by atoms with E-state index in [1.807, 2.05) is 24.3 Å². The van der Waals surface area contributed by atoms with Gasteiger partial charge in [0.25, 0.3) is 0 Å². The number of hydrogen-bond donors (Lipinski definition) is 2. The molecule has 1 fully saturated rings. The molecule has 1 saturated carbocycles. The predicted octanol–water partition coefficient (Wildman–Crippen LogP) is 3.36. The highest BCUT2D eigenvalue weighted by atomic mass is 35.5. The summed E-state index contributed by atoms with van der Waals surface area (Å²) < 4.78 is 2.20. The van der Waals surface area contributed by atoms with Crippen molar-refractivity contribution >= 4 is 35.3 Å². The van der Waals surface area contributed by atoms with Crippen LogP contribution in [0.4, 0.5) is 11.9 Å². The van der Waals surface area contributed by atoms with Gasteiger partial charge in [0, 0.05) is 11.6 Å². The van der Waals surface area contributed by atoms with Crippen molar-refractivity contribution in [3.63, 3.8) is 0 Å². The molecule has 0 spiro atoms. The van der Waals surface area contributed by atoms with E-state index >= 15 is 0 Å². The van der Waals surface area contributed by atoms with Crippen molar-refractivity contribution in [2.24, 2.45) is 0 Å². The molecule has 1 aliphatic rings. The van der Waals surface area contributed by atoms with E-state index in [1.165, 1.54) is 24.6 Å². The molecule has 0 bridgehead atoms. The number of halogens is 1. The molecular weight excluding hydrogens is 384 g/mol. The quantitative estimate of drug-likeness (QED) is 0.623. The summed E-state index contributed by atoms with van der Waals surface area (Å²) in [6, 6.07) is 8.07. The average Bonchev–Trinajstić information content (AvgIpc) is 3.29. The van der Waals surface area contributed by atoms with Gasteiger partial charge in [0.15, 0.2) is 11.0 Å². The van der Waals surface area contributed by atoms with Crippen LogP contribution in [0.1, 0.15) is 37.5 Å². The number of nitrogen functional groups attached to an aromatic ring is 2. The first kappa shape index (κ1) is 18.0. The Morgan fingerprint density at radius 2 is 1.74 bits per heavy atom. The summed E-state index contributed by atoms with van der Waals surface area (Å²) in [7, 11) is 0. The van der Waals surface area contributed by atoms with Crippen molar-refractivity contribution in [1.29, 1.82) is 0 Å². The Balaban J connectivity index is 1.67. The number of anilines is 2. The van der Waals surface area contributed by atoms with Crippen molar-refractivity contribution in [2.75, 3.05) is 11.5 Å². The molecule has 0 aliphatic heterocycles. The summed E-state index contributed by atoms with van der Waals surface area (Å²) >= 11 is 7.92. The second kappa shape index (κ2) is 7.69. The largest absolute Gasteiger partial charge is 0.368 e. The number of thioether (sulfide) groups is 1. The Kier molecular flexibility index (Phi) is 5.13. The number of rotatable bonds is 5. The summed E-state index contributed by atoms with van der Waals surface area (Å²) in [6.45, 7) is 0. The molecular formula is C17H19ClN8S. The maximum absolute atomic E-state index is 6.41. The van der Waals surface area contributed by atoms with Gasteiger partial charge in [-0.2, -0.15) is 15.0 Å². The Hall–Kier alpha value is -2.39. The molecule has 4 rings (SSSR count).